The quantitative estimate of drug-likeness (QED) is 0.358. The van der Waals surface area contributed by atoms with Gasteiger partial charge in [-0.1, -0.05) is 13.0 Å². The molecule has 1 aromatic heterocycles. The third-order valence-electron chi connectivity index (χ3n) is 2.83. The van der Waals surface area contributed by atoms with Crippen molar-refractivity contribution in [2.24, 2.45) is 0 Å². The van der Waals surface area contributed by atoms with E-state index in [1.165, 1.54) is 19.3 Å². The molecule has 1 heterocycles. The Kier molecular flexibility index (Phi) is 6.39. The Bertz CT molecular complexity index is 597. The summed E-state index contributed by atoms with van der Waals surface area (Å²) in [6.07, 6.45) is 4.71. The molecule has 0 aromatic carbocycles. The summed E-state index contributed by atoms with van der Waals surface area (Å²) in [6, 6.07) is 1.29. The van der Waals surface area contributed by atoms with Gasteiger partial charge < -0.3 is 14.3 Å². The van der Waals surface area contributed by atoms with Gasteiger partial charge in [-0.2, -0.15) is 0 Å². The highest BCUT2D eigenvalue weighted by molar-refractivity contribution is 5.97. The van der Waals surface area contributed by atoms with Crippen LogP contribution in [0.5, 0.6) is 5.75 Å². The van der Waals surface area contributed by atoms with Crippen molar-refractivity contribution < 1.29 is 23.8 Å². The third kappa shape index (κ3) is 4.91. The van der Waals surface area contributed by atoms with Crippen LogP contribution in [0.15, 0.2) is 27.4 Å². The fraction of sp³-hybridized carbons (Fsp3) is 0.400. The maximum atomic E-state index is 11.7. The number of aryl methyl sites for hydroxylation is 1. The molecule has 0 atom stereocenters. The lowest BCUT2D eigenvalue weighted by atomic mass is 10.1. The molecule has 1 N–H and O–H groups in total. The van der Waals surface area contributed by atoms with E-state index in [-0.39, 0.29) is 17.7 Å². The van der Waals surface area contributed by atoms with Gasteiger partial charge in [-0.15, -0.1) is 0 Å². The summed E-state index contributed by atoms with van der Waals surface area (Å²) < 4.78 is 9.45. The SMILES string of the molecule is CCC(=O)c1c(O)cc(CCCC=CC(=O)OC)oc1=O. The number of carbonyl (C=O) groups is 2. The number of methoxy groups -OCH3 is 1. The summed E-state index contributed by atoms with van der Waals surface area (Å²) in [5.41, 5.74) is -1.12. The number of hydrogen-bond acceptors (Lipinski definition) is 6. The molecule has 0 saturated carbocycles. The summed E-state index contributed by atoms with van der Waals surface area (Å²) in [4.78, 5) is 34.0. The number of aromatic hydroxyl groups is 1. The number of ether oxygens (including phenoxy) is 1. The number of Topliss-reactive ketones (excluding diaryl/α,β-unsaturated/α-hetero) is 1. The van der Waals surface area contributed by atoms with Gasteiger partial charge >= 0.3 is 11.6 Å². The highest BCUT2D eigenvalue weighted by Gasteiger charge is 2.17. The van der Waals surface area contributed by atoms with Crippen molar-refractivity contribution in [1.82, 2.24) is 0 Å². The largest absolute Gasteiger partial charge is 0.507 e. The number of unbranched alkanes of at least 4 members (excludes halogenated alkanes) is 1. The minimum atomic E-state index is -0.818. The first-order valence-corrected chi connectivity index (χ1v) is 6.63. The molecule has 0 radical (unpaired) electrons. The maximum absolute atomic E-state index is 11.7. The Balaban J connectivity index is 2.66. The highest BCUT2D eigenvalue weighted by Crippen LogP contribution is 2.17. The second-order valence-electron chi connectivity index (χ2n) is 4.35. The van der Waals surface area contributed by atoms with Crippen molar-refractivity contribution in [2.75, 3.05) is 7.11 Å². The second kappa shape index (κ2) is 8.04. The van der Waals surface area contributed by atoms with E-state index in [1.54, 1.807) is 13.0 Å². The minimum Gasteiger partial charge on any atom is -0.507 e. The maximum Gasteiger partial charge on any atom is 0.350 e. The van der Waals surface area contributed by atoms with E-state index in [9.17, 15) is 19.5 Å². The zero-order valence-corrected chi connectivity index (χ0v) is 12.0. The van der Waals surface area contributed by atoms with Crippen LogP contribution >= 0.6 is 0 Å². The monoisotopic (exact) mass is 294 g/mol. The Morgan fingerprint density at radius 2 is 2.14 bits per heavy atom. The Labute approximate surface area is 122 Å². The van der Waals surface area contributed by atoms with Crippen molar-refractivity contribution in [1.29, 1.82) is 0 Å². The number of hydrogen-bond donors (Lipinski definition) is 1. The molecule has 0 fully saturated rings. The summed E-state index contributed by atoms with van der Waals surface area (Å²) in [5.74, 6) is -0.926. The van der Waals surface area contributed by atoms with Gasteiger partial charge in [0.05, 0.1) is 7.11 Å². The van der Waals surface area contributed by atoms with Crippen LogP contribution in [0.1, 0.15) is 42.3 Å². The summed E-state index contributed by atoms with van der Waals surface area (Å²) in [6.45, 7) is 1.60. The molecular formula is C15H18O6. The van der Waals surface area contributed by atoms with Gasteiger partial charge in [0.1, 0.15) is 17.1 Å². The van der Waals surface area contributed by atoms with E-state index in [0.29, 0.717) is 25.0 Å². The van der Waals surface area contributed by atoms with Gasteiger partial charge in [-0.05, 0) is 12.8 Å². The molecule has 1 rings (SSSR count). The molecule has 0 aliphatic carbocycles. The standard InChI is InChI=1S/C15H18O6/c1-3-11(16)14-12(17)9-10(21-15(14)19)7-5-4-6-8-13(18)20-2/h6,8-9,17H,3-5,7H2,1-2H3. The average molecular weight is 294 g/mol. The first-order valence-electron chi connectivity index (χ1n) is 6.63. The molecule has 21 heavy (non-hydrogen) atoms. The topological polar surface area (TPSA) is 93.8 Å². The van der Waals surface area contributed by atoms with Crippen LogP contribution in [0.3, 0.4) is 0 Å². The normalized spacial score (nSPS) is 10.8. The van der Waals surface area contributed by atoms with Gasteiger partial charge in [0.15, 0.2) is 5.78 Å². The molecule has 0 unspecified atom stereocenters. The van der Waals surface area contributed by atoms with Crippen LogP contribution in [0.4, 0.5) is 0 Å². The number of allylic oxidation sites excluding steroid dienone is 1. The number of rotatable bonds is 7. The summed E-state index contributed by atoms with van der Waals surface area (Å²) in [7, 11) is 1.29. The van der Waals surface area contributed by atoms with Crippen LogP contribution in [0, 0.1) is 0 Å². The van der Waals surface area contributed by atoms with Crippen molar-refractivity contribution >= 4 is 11.8 Å². The highest BCUT2D eigenvalue weighted by atomic mass is 16.5. The molecule has 6 nitrogen and oxygen atoms in total. The van der Waals surface area contributed by atoms with Gasteiger partial charge in [0, 0.05) is 25.0 Å². The molecule has 1 aromatic rings. The van der Waals surface area contributed by atoms with Crippen molar-refractivity contribution in [3.8, 4) is 5.75 Å². The van der Waals surface area contributed by atoms with Crippen molar-refractivity contribution in [3.63, 3.8) is 0 Å². The van der Waals surface area contributed by atoms with Crippen LogP contribution in [0.25, 0.3) is 0 Å². The van der Waals surface area contributed by atoms with Gasteiger partial charge in [0.2, 0.25) is 0 Å². The predicted molar refractivity (Wildman–Crippen MR) is 75.4 cm³/mol. The molecule has 0 saturated heterocycles. The Hall–Kier alpha value is -2.37. The molecule has 0 aliphatic rings. The second-order valence-corrected chi connectivity index (χ2v) is 4.35. The van der Waals surface area contributed by atoms with Gasteiger partial charge in [-0.3, -0.25) is 4.79 Å². The number of carbonyl (C=O) groups excluding carboxylic acids is 2. The molecular weight excluding hydrogens is 276 g/mol. The lowest BCUT2D eigenvalue weighted by Crippen LogP contribution is -2.14. The molecule has 0 amide bonds. The van der Waals surface area contributed by atoms with Crippen LogP contribution in [-0.4, -0.2) is 24.0 Å². The smallest absolute Gasteiger partial charge is 0.350 e. The van der Waals surface area contributed by atoms with Crippen molar-refractivity contribution in [2.45, 2.75) is 32.6 Å². The van der Waals surface area contributed by atoms with E-state index in [2.05, 4.69) is 4.74 Å². The lowest BCUT2D eigenvalue weighted by Gasteiger charge is -2.03. The Morgan fingerprint density at radius 1 is 1.43 bits per heavy atom. The van der Waals surface area contributed by atoms with Crippen LogP contribution < -0.4 is 5.63 Å². The summed E-state index contributed by atoms with van der Waals surface area (Å²) >= 11 is 0. The molecule has 0 bridgehead atoms. The molecule has 0 spiro atoms. The zero-order valence-electron chi connectivity index (χ0n) is 12.0. The Morgan fingerprint density at radius 3 is 2.71 bits per heavy atom. The first-order chi connectivity index (χ1) is 9.99. The molecule has 6 heteroatoms. The fourth-order valence-corrected chi connectivity index (χ4v) is 1.73. The fourth-order valence-electron chi connectivity index (χ4n) is 1.73. The van der Waals surface area contributed by atoms with Gasteiger partial charge in [0.25, 0.3) is 0 Å². The number of esters is 1. The van der Waals surface area contributed by atoms with E-state index < -0.39 is 17.4 Å². The zero-order chi connectivity index (χ0) is 15.8. The summed E-state index contributed by atoms with van der Waals surface area (Å²) in [5, 5.41) is 9.73. The molecule has 114 valence electrons. The predicted octanol–water partition coefficient (Wildman–Crippen LogP) is 1.99. The van der Waals surface area contributed by atoms with Crippen LogP contribution in [-0.2, 0) is 16.0 Å². The van der Waals surface area contributed by atoms with E-state index >= 15 is 0 Å². The third-order valence-corrected chi connectivity index (χ3v) is 2.83. The van der Waals surface area contributed by atoms with Crippen molar-refractivity contribution in [3.05, 3.63) is 40.0 Å². The number of ketones is 1. The average Bonchev–Trinajstić information content (AvgIpc) is 2.45. The van der Waals surface area contributed by atoms with E-state index in [1.807, 2.05) is 0 Å². The minimum absolute atomic E-state index is 0.121. The van der Waals surface area contributed by atoms with E-state index in [4.69, 9.17) is 4.42 Å². The van der Waals surface area contributed by atoms with E-state index in [0.717, 1.165) is 0 Å². The molecule has 0 aliphatic heterocycles. The first kappa shape index (κ1) is 16.7. The van der Waals surface area contributed by atoms with Crippen LogP contribution in [0.2, 0.25) is 0 Å². The lowest BCUT2D eigenvalue weighted by molar-refractivity contribution is -0.134. The van der Waals surface area contributed by atoms with Gasteiger partial charge in [-0.25, -0.2) is 9.59 Å².